The van der Waals surface area contributed by atoms with Crippen LogP contribution in [0.25, 0.3) is 0 Å². The Bertz CT molecular complexity index is 771. The van der Waals surface area contributed by atoms with E-state index in [1.807, 2.05) is 18.4 Å². The van der Waals surface area contributed by atoms with E-state index in [4.69, 9.17) is 5.73 Å². The molecule has 2 aromatic carbocycles. The molecule has 0 radical (unpaired) electrons. The van der Waals surface area contributed by atoms with Crippen molar-refractivity contribution in [1.29, 1.82) is 0 Å². The van der Waals surface area contributed by atoms with Crippen molar-refractivity contribution in [2.24, 2.45) is 0 Å². The number of para-hydroxylation sites is 1. The molecule has 0 spiro atoms. The fourth-order valence-electron chi connectivity index (χ4n) is 2.18. The summed E-state index contributed by atoms with van der Waals surface area (Å²) >= 11 is 1.49. The molecule has 2 rings (SSSR count). The van der Waals surface area contributed by atoms with Gasteiger partial charge in [0.05, 0.1) is 10.6 Å². The van der Waals surface area contributed by atoms with Crippen LogP contribution in [0.5, 0.6) is 0 Å². The minimum atomic E-state index is -3.67. The summed E-state index contributed by atoms with van der Waals surface area (Å²) < 4.78 is 28.0. The molecule has 0 saturated heterocycles. The van der Waals surface area contributed by atoms with E-state index in [0.717, 1.165) is 4.90 Å². The Labute approximate surface area is 129 Å². The summed E-state index contributed by atoms with van der Waals surface area (Å²) in [6.45, 7) is 3.48. The van der Waals surface area contributed by atoms with E-state index in [1.54, 1.807) is 38.1 Å². The molecule has 21 heavy (non-hydrogen) atoms. The normalized spacial score (nSPS) is 11.4. The van der Waals surface area contributed by atoms with Gasteiger partial charge in [-0.1, -0.05) is 18.2 Å². The first kappa shape index (κ1) is 15.7. The van der Waals surface area contributed by atoms with Gasteiger partial charge in [0.2, 0.25) is 0 Å². The van der Waals surface area contributed by atoms with Crippen molar-refractivity contribution < 1.29 is 8.42 Å². The van der Waals surface area contributed by atoms with Crippen LogP contribution in [0, 0.1) is 13.8 Å². The van der Waals surface area contributed by atoms with Gasteiger partial charge >= 0.3 is 0 Å². The predicted molar refractivity (Wildman–Crippen MR) is 89.4 cm³/mol. The topological polar surface area (TPSA) is 72.2 Å². The van der Waals surface area contributed by atoms with E-state index in [0.29, 0.717) is 22.5 Å². The number of nitrogens with two attached hydrogens (primary N) is 1. The van der Waals surface area contributed by atoms with Crippen molar-refractivity contribution in [2.45, 2.75) is 23.6 Å². The van der Waals surface area contributed by atoms with Crippen LogP contribution in [0.4, 0.5) is 11.4 Å². The lowest BCUT2D eigenvalue weighted by Crippen LogP contribution is -2.17. The zero-order valence-electron chi connectivity index (χ0n) is 12.2. The molecular formula is C15H18N2O2S2. The van der Waals surface area contributed by atoms with Crippen LogP contribution >= 0.6 is 11.8 Å². The highest BCUT2D eigenvalue weighted by Crippen LogP contribution is 2.30. The molecular weight excluding hydrogens is 304 g/mol. The van der Waals surface area contributed by atoms with Crippen LogP contribution in [-0.4, -0.2) is 14.7 Å². The first-order valence-corrected chi connectivity index (χ1v) is 9.09. The molecule has 4 nitrogen and oxygen atoms in total. The number of hydrogen-bond donors (Lipinski definition) is 2. The van der Waals surface area contributed by atoms with E-state index in [2.05, 4.69) is 4.72 Å². The fraction of sp³-hybridized carbons (Fsp3) is 0.200. The molecule has 0 saturated carbocycles. The van der Waals surface area contributed by atoms with Gasteiger partial charge in [0, 0.05) is 10.6 Å². The van der Waals surface area contributed by atoms with Gasteiger partial charge < -0.3 is 5.73 Å². The molecule has 0 amide bonds. The second-order valence-electron chi connectivity index (χ2n) is 4.73. The summed E-state index contributed by atoms with van der Waals surface area (Å²) in [4.78, 5) is 1.12. The molecule has 0 unspecified atom stereocenters. The molecule has 3 N–H and O–H groups in total. The van der Waals surface area contributed by atoms with Crippen LogP contribution in [0.2, 0.25) is 0 Å². The summed E-state index contributed by atoms with van der Waals surface area (Å²) in [6, 6.07) is 10.7. The number of aryl methyl sites for hydroxylation is 1. The van der Waals surface area contributed by atoms with Gasteiger partial charge in [-0.05, 0) is 49.4 Å². The molecule has 6 heteroatoms. The predicted octanol–water partition coefficient (Wildman–Crippen LogP) is 3.41. The minimum absolute atomic E-state index is 0.249. The monoisotopic (exact) mass is 322 g/mol. The molecule has 2 aromatic rings. The number of benzene rings is 2. The standard InChI is InChI=1S/C15H18N2O2S2/c1-10-8-9-12(16)11(2)15(10)21(18,19)17-13-6-4-5-7-14(13)20-3/h4-9,17H,16H2,1-3H3. The first-order valence-electron chi connectivity index (χ1n) is 6.38. The van der Waals surface area contributed by atoms with Gasteiger partial charge in [0.15, 0.2) is 0 Å². The molecule has 0 bridgehead atoms. The van der Waals surface area contributed by atoms with Gasteiger partial charge in [0.25, 0.3) is 10.0 Å². The van der Waals surface area contributed by atoms with E-state index in [1.165, 1.54) is 11.8 Å². The summed E-state index contributed by atoms with van der Waals surface area (Å²) in [7, 11) is -3.67. The highest BCUT2D eigenvalue weighted by atomic mass is 32.2. The summed E-state index contributed by atoms with van der Waals surface area (Å²) in [6.07, 6.45) is 1.91. The lowest BCUT2D eigenvalue weighted by molar-refractivity contribution is 0.600. The smallest absolute Gasteiger partial charge is 0.262 e. The fourth-order valence-corrected chi connectivity index (χ4v) is 4.38. The third kappa shape index (κ3) is 3.16. The Hall–Kier alpha value is -1.66. The van der Waals surface area contributed by atoms with Crippen LogP contribution in [0.3, 0.4) is 0 Å². The zero-order chi connectivity index (χ0) is 15.6. The second kappa shape index (κ2) is 5.99. The van der Waals surface area contributed by atoms with Crippen molar-refractivity contribution in [3.8, 4) is 0 Å². The maximum Gasteiger partial charge on any atom is 0.262 e. The van der Waals surface area contributed by atoms with E-state index >= 15 is 0 Å². The molecule has 0 atom stereocenters. The SMILES string of the molecule is CSc1ccccc1NS(=O)(=O)c1c(C)ccc(N)c1C. The van der Waals surface area contributed by atoms with E-state index in [-0.39, 0.29) is 4.90 Å². The molecule has 112 valence electrons. The van der Waals surface area contributed by atoms with Crippen molar-refractivity contribution in [3.05, 3.63) is 47.5 Å². The molecule has 0 fully saturated rings. The number of thioether (sulfide) groups is 1. The Morgan fingerprint density at radius 3 is 2.43 bits per heavy atom. The second-order valence-corrected chi connectivity index (χ2v) is 7.20. The third-order valence-electron chi connectivity index (χ3n) is 3.26. The highest BCUT2D eigenvalue weighted by molar-refractivity contribution is 7.99. The molecule has 0 aliphatic rings. The average molecular weight is 322 g/mol. The Morgan fingerprint density at radius 2 is 1.76 bits per heavy atom. The Morgan fingerprint density at radius 1 is 1.10 bits per heavy atom. The zero-order valence-corrected chi connectivity index (χ0v) is 13.8. The quantitative estimate of drug-likeness (QED) is 0.668. The summed E-state index contributed by atoms with van der Waals surface area (Å²) in [5.74, 6) is 0. The largest absolute Gasteiger partial charge is 0.398 e. The van der Waals surface area contributed by atoms with Gasteiger partial charge in [-0.2, -0.15) is 0 Å². The van der Waals surface area contributed by atoms with Gasteiger partial charge in [0.1, 0.15) is 0 Å². The maximum atomic E-state index is 12.7. The van der Waals surface area contributed by atoms with E-state index in [9.17, 15) is 8.42 Å². The van der Waals surface area contributed by atoms with Crippen molar-refractivity contribution in [1.82, 2.24) is 0 Å². The lowest BCUT2D eigenvalue weighted by atomic mass is 10.1. The number of hydrogen-bond acceptors (Lipinski definition) is 4. The van der Waals surface area contributed by atoms with Crippen molar-refractivity contribution in [2.75, 3.05) is 16.7 Å². The Balaban J connectivity index is 2.51. The minimum Gasteiger partial charge on any atom is -0.398 e. The lowest BCUT2D eigenvalue weighted by Gasteiger charge is -2.15. The number of nitrogens with one attached hydrogen (secondary N) is 1. The number of nitrogen functional groups attached to an aromatic ring is 1. The average Bonchev–Trinajstić information content (AvgIpc) is 2.43. The van der Waals surface area contributed by atoms with Crippen LogP contribution in [-0.2, 0) is 10.0 Å². The van der Waals surface area contributed by atoms with Gasteiger partial charge in [-0.3, -0.25) is 4.72 Å². The summed E-state index contributed by atoms with van der Waals surface area (Å²) in [5.41, 5.74) is 8.14. The highest BCUT2D eigenvalue weighted by Gasteiger charge is 2.21. The van der Waals surface area contributed by atoms with Crippen LogP contribution in [0.15, 0.2) is 46.2 Å². The molecule has 0 aliphatic heterocycles. The number of anilines is 2. The van der Waals surface area contributed by atoms with Crippen molar-refractivity contribution >= 4 is 33.2 Å². The van der Waals surface area contributed by atoms with Gasteiger partial charge in [-0.15, -0.1) is 11.8 Å². The summed E-state index contributed by atoms with van der Waals surface area (Å²) in [5, 5.41) is 0. The number of sulfonamides is 1. The Kier molecular flexibility index (Phi) is 4.49. The maximum absolute atomic E-state index is 12.7. The van der Waals surface area contributed by atoms with E-state index < -0.39 is 10.0 Å². The molecule has 0 heterocycles. The van der Waals surface area contributed by atoms with Gasteiger partial charge in [-0.25, -0.2) is 8.42 Å². The molecule has 0 aliphatic carbocycles. The van der Waals surface area contributed by atoms with Crippen LogP contribution in [0.1, 0.15) is 11.1 Å². The number of rotatable bonds is 4. The van der Waals surface area contributed by atoms with Crippen LogP contribution < -0.4 is 10.5 Å². The molecule has 0 aromatic heterocycles. The first-order chi connectivity index (χ1) is 9.86. The third-order valence-corrected chi connectivity index (χ3v) is 5.71. The van der Waals surface area contributed by atoms with Crippen molar-refractivity contribution in [3.63, 3.8) is 0 Å².